The summed E-state index contributed by atoms with van der Waals surface area (Å²) in [6, 6.07) is 9.43. The molecule has 2 N–H and O–H groups in total. The first-order valence-corrected chi connectivity index (χ1v) is 6.74. The standard InChI is InChI=1S/C14H12BrN3O/c15-10-1-2-14(19)11(7-10)13-8-12(17-18-13)9-3-5-16-6-4-9/h1-7,12,17,19H,8H2/t12-/m0/s1. The van der Waals surface area contributed by atoms with Crippen LogP contribution in [0.3, 0.4) is 0 Å². The summed E-state index contributed by atoms with van der Waals surface area (Å²) in [7, 11) is 0. The molecule has 1 atom stereocenters. The molecule has 5 heteroatoms. The van der Waals surface area contributed by atoms with Crippen molar-refractivity contribution in [1.82, 2.24) is 10.4 Å². The van der Waals surface area contributed by atoms with Gasteiger partial charge in [-0.15, -0.1) is 0 Å². The minimum absolute atomic E-state index is 0.136. The fourth-order valence-corrected chi connectivity index (χ4v) is 2.50. The zero-order valence-electron chi connectivity index (χ0n) is 10.0. The molecule has 0 fully saturated rings. The van der Waals surface area contributed by atoms with Crippen LogP contribution in [0, 0.1) is 0 Å². The third-order valence-electron chi connectivity index (χ3n) is 3.13. The van der Waals surface area contributed by atoms with Crippen molar-refractivity contribution in [2.75, 3.05) is 0 Å². The average Bonchev–Trinajstić information content (AvgIpc) is 2.92. The van der Waals surface area contributed by atoms with Gasteiger partial charge in [0.1, 0.15) is 5.75 Å². The first kappa shape index (κ1) is 12.2. The molecule has 2 heterocycles. The summed E-state index contributed by atoms with van der Waals surface area (Å²) >= 11 is 3.41. The van der Waals surface area contributed by atoms with Crippen LogP contribution in [0.25, 0.3) is 0 Å². The van der Waals surface area contributed by atoms with Gasteiger partial charge in [0, 0.05) is 28.9 Å². The van der Waals surface area contributed by atoms with Crippen LogP contribution in [-0.2, 0) is 0 Å². The number of pyridine rings is 1. The zero-order chi connectivity index (χ0) is 13.2. The van der Waals surface area contributed by atoms with Gasteiger partial charge < -0.3 is 10.5 Å². The molecule has 1 aromatic heterocycles. The number of hydrogen-bond acceptors (Lipinski definition) is 4. The topological polar surface area (TPSA) is 57.5 Å². The Labute approximate surface area is 119 Å². The summed E-state index contributed by atoms with van der Waals surface area (Å²) in [6.07, 6.45) is 4.28. The quantitative estimate of drug-likeness (QED) is 0.895. The van der Waals surface area contributed by atoms with Gasteiger partial charge in [-0.3, -0.25) is 4.98 Å². The van der Waals surface area contributed by atoms with Crippen LogP contribution in [0.1, 0.15) is 23.6 Å². The highest BCUT2D eigenvalue weighted by Gasteiger charge is 2.22. The van der Waals surface area contributed by atoms with Crippen molar-refractivity contribution < 1.29 is 5.11 Å². The Bertz CT molecular complexity index is 628. The number of nitrogens with zero attached hydrogens (tertiary/aromatic N) is 2. The Hall–Kier alpha value is -1.88. The molecule has 0 saturated heterocycles. The fourth-order valence-electron chi connectivity index (χ4n) is 2.14. The number of hydrazone groups is 1. The molecule has 0 amide bonds. The van der Waals surface area contributed by atoms with Gasteiger partial charge in [-0.1, -0.05) is 15.9 Å². The van der Waals surface area contributed by atoms with E-state index < -0.39 is 0 Å². The molecular formula is C14H12BrN3O. The molecule has 0 radical (unpaired) electrons. The van der Waals surface area contributed by atoms with Crippen LogP contribution < -0.4 is 5.43 Å². The number of aromatic nitrogens is 1. The summed E-state index contributed by atoms with van der Waals surface area (Å²) in [5, 5.41) is 14.2. The molecule has 1 aliphatic rings. The Morgan fingerprint density at radius 1 is 1.21 bits per heavy atom. The van der Waals surface area contributed by atoms with E-state index in [0.717, 1.165) is 27.7 Å². The summed E-state index contributed by atoms with van der Waals surface area (Å²) in [5.41, 5.74) is 5.87. The SMILES string of the molecule is Oc1ccc(Br)cc1C1=NN[C@H](c2ccncc2)C1. The highest BCUT2D eigenvalue weighted by Crippen LogP contribution is 2.29. The lowest BCUT2D eigenvalue weighted by Gasteiger charge is -2.09. The van der Waals surface area contributed by atoms with Gasteiger partial charge in [-0.2, -0.15) is 5.10 Å². The molecule has 4 nitrogen and oxygen atoms in total. The average molecular weight is 318 g/mol. The van der Waals surface area contributed by atoms with Crippen LogP contribution in [0.15, 0.2) is 52.3 Å². The Morgan fingerprint density at radius 3 is 2.79 bits per heavy atom. The maximum Gasteiger partial charge on any atom is 0.124 e. The van der Waals surface area contributed by atoms with Crippen LogP contribution in [0.2, 0.25) is 0 Å². The molecule has 0 spiro atoms. The summed E-state index contributed by atoms with van der Waals surface area (Å²) in [4.78, 5) is 4.01. The van der Waals surface area contributed by atoms with Crippen molar-refractivity contribution in [1.29, 1.82) is 0 Å². The Balaban J connectivity index is 1.84. The van der Waals surface area contributed by atoms with Gasteiger partial charge >= 0.3 is 0 Å². The fraction of sp³-hybridized carbons (Fsp3) is 0.143. The van der Waals surface area contributed by atoms with Crippen molar-refractivity contribution in [3.8, 4) is 5.75 Å². The number of hydrogen-bond donors (Lipinski definition) is 2. The summed E-state index contributed by atoms with van der Waals surface area (Å²) in [6.45, 7) is 0. The molecule has 0 saturated carbocycles. The van der Waals surface area contributed by atoms with Gasteiger partial charge in [0.2, 0.25) is 0 Å². The highest BCUT2D eigenvalue weighted by atomic mass is 79.9. The largest absolute Gasteiger partial charge is 0.507 e. The Kier molecular flexibility index (Phi) is 3.21. The molecule has 0 unspecified atom stereocenters. The minimum atomic E-state index is 0.136. The maximum atomic E-state index is 9.91. The number of aromatic hydroxyl groups is 1. The second-order valence-electron chi connectivity index (χ2n) is 4.39. The van der Waals surface area contributed by atoms with Crippen LogP contribution >= 0.6 is 15.9 Å². The lowest BCUT2D eigenvalue weighted by atomic mass is 9.99. The van der Waals surface area contributed by atoms with Gasteiger partial charge in [0.25, 0.3) is 0 Å². The lowest BCUT2D eigenvalue weighted by molar-refractivity contribution is 0.474. The van der Waals surface area contributed by atoms with E-state index in [1.165, 1.54) is 0 Å². The molecule has 1 aliphatic heterocycles. The smallest absolute Gasteiger partial charge is 0.124 e. The van der Waals surface area contributed by atoms with E-state index in [-0.39, 0.29) is 11.8 Å². The first-order chi connectivity index (χ1) is 9.24. The lowest BCUT2D eigenvalue weighted by Crippen LogP contribution is -2.09. The second-order valence-corrected chi connectivity index (χ2v) is 5.30. The maximum absolute atomic E-state index is 9.91. The van der Waals surface area contributed by atoms with E-state index >= 15 is 0 Å². The third-order valence-corrected chi connectivity index (χ3v) is 3.62. The third kappa shape index (κ3) is 2.46. The van der Waals surface area contributed by atoms with E-state index in [4.69, 9.17) is 0 Å². The first-order valence-electron chi connectivity index (χ1n) is 5.95. The number of phenolic OH excluding ortho intramolecular Hbond substituents is 1. The summed E-state index contributed by atoms with van der Waals surface area (Å²) < 4.78 is 0.926. The molecule has 96 valence electrons. The van der Waals surface area contributed by atoms with Gasteiger partial charge in [0.05, 0.1) is 11.8 Å². The van der Waals surface area contributed by atoms with Crippen LogP contribution in [0.5, 0.6) is 5.75 Å². The summed E-state index contributed by atoms with van der Waals surface area (Å²) in [5.74, 6) is 0.249. The van der Waals surface area contributed by atoms with E-state index in [2.05, 4.69) is 31.4 Å². The normalized spacial score (nSPS) is 17.9. The molecular weight excluding hydrogens is 306 g/mol. The van der Waals surface area contributed by atoms with Gasteiger partial charge in [0.15, 0.2) is 0 Å². The molecule has 3 rings (SSSR count). The predicted molar refractivity (Wildman–Crippen MR) is 77.1 cm³/mol. The molecule has 0 aliphatic carbocycles. The number of rotatable bonds is 2. The van der Waals surface area contributed by atoms with Gasteiger partial charge in [-0.25, -0.2) is 0 Å². The van der Waals surface area contributed by atoms with Crippen molar-refractivity contribution in [3.63, 3.8) is 0 Å². The number of phenols is 1. The monoisotopic (exact) mass is 317 g/mol. The van der Waals surface area contributed by atoms with Crippen molar-refractivity contribution in [3.05, 3.63) is 58.3 Å². The van der Waals surface area contributed by atoms with Crippen LogP contribution in [0.4, 0.5) is 0 Å². The second kappa shape index (κ2) is 5.01. The van der Waals surface area contributed by atoms with Crippen molar-refractivity contribution in [2.45, 2.75) is 12.5 Å². The molecule has 2 aromatic rings. The number of halogens is 1. The van der Waals surface area contributed by atoms with Crippen LogP contribution in [-0.4, -0.2) is 15.8 Å². The van der Waals surface area contributed by atoms with E-state index in [1.54, 1.807) is 18.5 Å². The predicted octanol–water partition coefficient (Wildman–Crippen LogP) is 2.99. The minimum Gasteiger partial charge on any atom is -0.507 e. The number of nitrogens with one attached hydrogen (secondary N) is 1. The van der Waals surface area contributed by atoms with E-state index in [1.807, 2.05) is 24.3 Å². The molecule has 1 aromatic carbocycles. The van der Waals surface area contributed by atoms with E-state index in [9.17, 15) is 5.11 Å². The van der Waals surface area contributed by atoms with Crippen molar-refractivity contribution >= 4 is 21.6 Å². The van der Waals surface area contributed by atoms with E-state index in [0.29, 0.717) is 0 Å². The Morgan fingerprint density at radius 2 is 2.00 bits per heavy atom. The highest BCUT2D eigenvalue weighted by molar-refractivity contribution is 9.10. The zero-order valence-corrected chi connectivity index (χ0v) is 11.6. The molecule has 19 heavy (non-hydrogen) atoms. The van der Waals surface area contributed by atoms with Gasteiger partial charge in [-0.05, 0) is 35.9 Å². The molecule has 0 bridgehead atoms. The van der Waals surface area contributed by atoms with Crippen molar-refractivity contribution in [2.24, 2.45) is 5.10 Å². The number of benzene rings is 1.